The van der Waals surface area contributed by atoms with Crippen LogP contribution in [0, 0.1) is 10.1 Å². The molecule has 0 bridgehead atoms. The Morgan fingerprint density at radius 2 is 1.78 bits per heavy atom. The fourth-order valence-corrected chi connectivity index (χ4v) is 2.93. The third-order valence-corrected chi connectivity index (χ3v) is 4.56. The number of phenols is 1. The van der Waals surface area contributed by atoms with Gasteiger partial charge in [0, 0.05) is 36.5 Å². The first-order valence-electron chi connectivity index (χ1n) is 9.76. The summed E-state index contributed by atoms with van der Waals surface area (Å²) in [6, 6.07) is 12.7. The van der Waals surface area contributed by atoms with Crippen LogP contribution in [0.2, 0.25) is 0 Å². The van der Waals surface area contributed by atoms with Gasteiger partial charge in [0.05, 0.1) is 24.4 Å². The lowest BCUT2D eigenvalue weighted by Crippen LogP contribution is -2.37. The van der Waals surface area contributed by atoms with Gasteiger partial charge in [-0.3, -0.25) is 10.1 Å². The fourth-order valence-electron chi connectivity index (χ4n) is 2.93. The first-order chi connectivity index (χ1) is 15.6. The van der Waals surface area contributed by atoms with Crippen molar-refractivity contribution in [1.82, 2.24) is 15.0 Å². The van der Waals surface area contributed by atoms with Crippen molar-refractivity contribution in [3.8, 4) is 5.75 Å². The van der Waals surface area contributed by atoms with Gasteiger partial charge in [0.1, 0.15) is 5.75 Å². The Balaban J connectivity index is 1.57. The number of hydrogen-bond acceptors (Lipinski definition) is 11. The summed E-state index contributed by atoms with van der Waals surface area (Å²) in [6.07, 6.45) is 1.46. The highest BCUT2D eigenvalue weighted by molar-refractivity contribution is 5.83. The number of ether oxygens (including phenoxy) is 1. The van der Waals surface area contributed by atoms with Gasteiger partial charge < -0.3 is 20.1 Å². The fraction of sp³-hybridized carbons (Fsp3) is 0.200. The summed E-state index contributed by atoms with van der Waals surface area (Å²) in [5.41, 5.74) is 3.86. The third kappa shape index (κ3) is 5.23. The lowest BCUT2D eigenvalue weighted by Gasteiger charge is -2.27. The molecule has 12 nitrogen and oxygen atoms in total. The predicted octanol–water partition coefficient (Wildman–Crippen LogP) is 2.51. The Labute approximate surface area is 182 Å². The predicted molar refractivity (Wildman–Crippen MR) is 119 cm³/mol. The van der Waals surface area contributed by atoms with Crippen molar-refractivity contribution in [2.45, 2.75) is 0 Å². The number of aromatic hydroxyl groups is 1. The molecule has 0 unspecified atom stereocenters. The number of non-ortho nitro benzene ring substituents is 1. The van der Waals surface area contributed by atoms with E-state index < -0.39 is 4.92 Å². The van der Waals surface area contributed by atoms with Crippen molar-refractivity contribution in [1.29, 1.82) is 0 Å². The number of anilines is 4. The molecule has 164 valence electrons. The summed E-state index contributed by atoms with van der Waals surface area (Å²) in [5, 5.41) is 27.8. The minimum atomic E-state index is -0.464. The Bertz CT molecular complexity index is 1120. The minimum Gasteiger partial charge on any atom is -0.507 e. The number of nitro benzene ring substituents is 1. The van der Waals surface area contributed by atoms with Gasteiger partial charge in [-0.05, 0) is 24.3 Å². The van der Waals surface area contributed by atoms with Crippen molar-refractivity contribution in [2.24, 2.45) is 5.10 Å². The van der Waals surface area contributed by atoms with Gasteiger partial charge in [-0.25, -0.2) is 5.43 Å². The van der Waals surface area contributed by atoms with E-state index in [-0.39, 0.29) is 23.3 Å². The Kier molecular flexibility index (Phi) is 6.32. The van der Waals surface area contributed by atoms with Crippen LogP contribution in [0.15, 0.2) is 53.6 Å². The number of nitro groups is 1. The van der Waals surface area contributed by atoms with Crippen LogP contribution in [0.3, 0.4) is 0 Å². The van der Waals surface area contributed by atoms with E-state index in [1.165, 1.54) is 18.3 Å². The smallest absolute Gasteiger partial charge is 0.269 e. The summed E-state index contributed by atoms with van der Waals surface area (Å²) in [7, 11) is 0. The number of phenolic OH excluding ortho intramolecular Hbond substituents is 1. The summed E-state index contributed by atoms with van der Waals surface area (Å²) in [5.74, 6) is 0.976. The molecule has 3 N–H and O–H groups in total. The van der Waals surface area contributed by atoms with Gasteiger partial charge in [0.25, 0.3) is 5.69 Å². The van der Waals surface area contributed by atoms with Crippen LogP contribution in [-0.2, 0) is 4.74 Å². The average Bonchev–Trinajstić information content (AvgIpc) is 2.81. The average molecular weight is 436 g/mol. The molecule has 1 fully saturated rings. The van der Waals surface area contributed by atoms with E-state index >= 15 is 0 Å². The van der Waals surface area contributed by atoms with Crippen LogP contribution < -0.4 is 15.6 Å². The summed E-state index contributed by atoms with van der Waals surface area (Å²) < 4.78 is 5.39. The second kappa shape index (κ2) is 9.66. The molecule has 1 aliphatic heterocycles. The molecule has 0 aliphatic carbocycles. The molecule has 1 aromatic heterocycles. The number of rotatable bonds is 7. The highest BCUT2D eigenvalue weighted by Crippen LogP contribution is 2.21. The quantitative estimate of drug-likeness (QED) is 0.286. The van der Waals surface area contributed by atoms with Crippen molar-refractivity contribution in [3.05, 3.63) is 64.2 Å². The Morgan fingerprint density at radius 1 is 1.06 bits per heavy atom. The van der Waals surface area contributed by atoms with Crippen LogP contribution in [0.5, 0.6) is 5.75 Å². The SMILES string of the molecule is O=[N+]([O-])c1ccc(Nc2nc(N/N=C/c3ccccc3O)nc(N3CCOCC3)n2)cc1. The molecule has 0 spiro atoms. The molecular formula is C20H20N8O4. The van der Waals surface area contributed by atoms with Gasteiger partial charge in [0.15, 0.2) is 0 Å². The second-order valence-electron chi connectivity index (χ2n) is 6.74. The van der Waals surface area contributed by atoms with E-state index in [0.717, 1.165) is 0 Å². The molecule has 0 atom stereocenters. The maximum atomic E-state index is 10.9. The van der Waals surface area contributed by atoms with Gasteiger partial charge in [-0.1, -0.05) is 12.1 Å². The lowest BCUT2D eigenvalue weighted by atomic mass is 10.2. The second-order valence-corrected chi connectivity index (χ2v) is 6.74. The highest BCUT2D eigenvalue weighted by atomic mass is 16.6. The Morgan fingerprint density at radius 3 is 2.50 bits per heavy atom. The zero-order chi connectivity index (χ0) is 22.3. The molecule has 12 heteroatoms. The van der Waals surface area contributed by atoms with E-state index in [2.05, 4.69) is 30.8 Å². The van der Waals surface area contributed by atoms with Gasteiger partial charge in [-0.15, -0.1) is 0 Å². The maximum absolute atomic E-state index is 10.9. The van der Waals surface area contributed by atoms with E-state index in [4.69, 9.17) is 4.74 Å². The number of nitrogens with one attached hydrogen (secondary N) is 2. The summed E-state index contributed by atoms with van der Waals surface area (Å²) in [6.45, 7) is 2.37. The van der Waals surface area contributed by atoms with Crippen LogP contribution >= 0.6 is 0 Å². The number of nitrogens with zero attached hydrogens (tertiary/aromatic N) is 6. The van der Waals surface area contributed by atoms with Crippen molar-refractivity contribution in [2.75, 3.05) is 41.9 Å². The molecule has 0 amide bonds. The normalized spacial score (nSPS) is 13.8. The van der Waals surface area contributed by atoms with E-state index in [1.54, 1.807) is 36.4 Å². The molecule has 32 heavy (non-hydrogen) atoms. The largest absolute Gasteiger partial charge is 0.507 e. The summed E-state index contributed by atoms with van der Waals surface area (Å²) >= 11 is 0. The van der Waals surface area contributed by atoms with Gasteiger partial charge in [0.2, 0.25) is 17.8 Å². The topological polar surface area (TPSA) is 151 Å². The molecule has 2 aromatic carbocycles. The molecule has 2 heterocycles. The molecule has 3 aromatic rings. The number of hydrazone groups is 1. The first kappa shape index (κ1) is 20.9. The number of hydrogen-bond donors (Lipinski definition) is 3. The van der Waals surface area contributed by atoms with E-state index in [1.807, 2.05) is 4.90 Å². The Hall–Kier alpha value is -4.32. The molecular weight excluding hydrogens is 416 g/mol. The third-order valence-electron chi connectivity index (χ3n) is 4.56. The van der Waals surface area contributed by atoms with Crippen molar-refractivity contribution in [3.63, 3.8) is 0 Å². The van der Waals surface area contributed by atoms with Gasteiger partial charge in [-0.2, -0.15) is 20.1 Å². The number of morpholine rings is 1. The van der Waals surface area contributed by atoms with Crippen LogP contribution in [-0.4, -0.2) is 57.5 Å². The summed E-state index contributed by atoms with van der Waals surface area (Å²) in [4.78, 5) is 25.6. The zero-order valence-electron chi connectivity index (χ0n) is 16.9. The van der Waals surface area contributed by atoms with Crippen molar-refractivity contribution >= 4 is 35.4 Å². The minimum absolute atomic E-state index is 0.0129. The van der Waals surface area contributed by atoms with E-state index in [9.17, 15) is 15.2 Å². The standard InChI is InChI=1S/C20H20N8O4/c29-17-4-2-1-3-14(17)13-21-26-19-23-18(22-15-5-7-16(8-6-15)28(30)31)24-20(25-19)27-9-11-32-12-10-27/h1-8,13,29H,9-12H2,(H2,22,23,24,25,26)/b21-13+. The lowest BCUT2D eigenvalue weighted by molar-refractivity contribution is -0.384. The van der Waals surface area contributed by atoms with Crippen LogP contribution in [0.1, 0.15) is 5.56 Å². The van der Waals surface area contributed by atoms with Crippen LogP contribution in [0.4, 0.5) is 29.2 Å². The number of para-hydroxylation sites is 1. The molecule has 0 saturated carbocycles. The first-order valence-corrected chi connectivity index (χ1v) is 9.76. The van der Waals surface area contributed by atoms with Crippen molar-refractivity contribution < 1.29 is 14.8 Å². The zero-order valence-corrected chi connectivity index (χ0v) is 16.9. The molecule has 1 saturated heterocycles. The highest BCUT2D eigenvalue weighted by Gasteiger charge is 2.17. The van der Waals surface area contributed by atoms with Gasteiger partial charge >= 0.3 is 0 Å². The number of aromatic nitrogens is 3. The maximum Gasteiger partial charge on any atom is 0.269 e. The number of benzene rings is 2. The molecule has 0 radical (unpaired) electrons. The van der Waals surface area contributed by atoms with E-state index in [0.29, 0.717) is 43.5 Å². The molecule has 4 rings (SSSR count). The monoisotopic (exact) mass is 436 g/mol. The molecule has 1 aliphatic rings. The van der Waals surface area contributed by atoms with Crippen LogP contribution in [0.25, 0.3) is 0 Å².